The van der Waals surface area contributed by atoms with Crippen molar-refractivity contribution in [2.75, 3.05) is 14.2 Å². The largest absolute Gasteiger partial charge is 0.497 e. The SMILES string of the molecule is COc1cc(OC)cc(C(NC(=O)CCn2cnc3ccccc3c2=O)c2nccn2C)c1. The zero-order chi connectivity index (χ0) is 23.4. The van der Waals surface area contributed by atoms with Crippen LogP contribution >= 0.6 is 0 Å². The fourth-order valence-electron chi connectivity index (χ4n) is 3.67. The van der Waals surface area contributed by atoms with Crippen molar-refractivity contribution >= 4 is 16.8 Å². The van der Waals surface area contributed by atoms with Gasteiger partial charge in [-0.05, 0) is 29.8 Å². The predicted molar refractivity (Wildman–Crippen MR) is 123 cm³/mol. The number of carbonyl (C=O) groups excluding carboxylic acids is 1. The Balaban J connectivity index is 1.57. The number of benzene rings is 2. The summed E-state index contributed by atoms with van der Waals surface area (Å²) >= 11 is 0. The molecule has 0 saturated carbocycles. The summed E-state index contributed by atoms with van der Waals surface area (Å²) in [6.45, 7) is 0.206. The Morgan fingerprint density at radius 2 is 1.82 bits per heavy atom. The number of aromatic nitrogens is 4. The van der Waals surface area contributed by atoms with Crippen molar-refractivity contribution in [3.63, 3.8) is 0 Å². The summed E-state index contributed by atoms with van der Waals surface area (Å²) < 4.78 is 14.1. The van der Waals surface area contributed by atoms with Crippen LogP contribution in [-0.4, -0.2) is 39.2 Å². The van der Waals surface area contributed by atoms with Gasteiger partial charge in [0.25, 0.3) is 5.56 Å². The van der Waals surface area contributed by atoms with Crippen LogP contribution in [0.2, 0.25) is 0 Å². The molecule has 0 bridgehead atoms. The third kappa shape index (κ3) is 4.72. The van der Waals surface area contributed by atoms with E-state index in [0.29, 0.717) is 28.2 Å². The maximum Gasteiger partial charge on any atom is 0.261 e. The van der Waals surface area contributed by atoms with E-state index >= 15 is 0 Å². The van der Waals surface area contributed by atoms with Gasteiger partial charge < -0.3 is 19.4 Å². The first-order chi connectivity index (χ1) is 16.0. The van der Waals surface area contributed by atoms with Crippen LogP contribution in [0.4, 0.5) is 0 Å². The molecule has 9 nitrogen and oxygen atoms in total. The van der Waals surface area contributed by atoms with Crippen LogP contribution in [0.3, 0.4) is 0 Å². The molecule has 0 aliphatic heterocycles. The Morgan fingerprint density at radius 1 is 1.09 bits per heavy atom. The third-order valence-electron chi connectivity index (χ3n) is 5.44. The number of fused-ring (bicyclic) bond motifs is 1. The molecule has 0 aliphatic carbocycles. The smallest absolute Gasteiger partial charge is 0.261 e. The zero-order valence-electron chi connectivity index (χ0n) is 18.7. The summed E-state index contributed by atoms with van der Waals surface area (Å²) in [5.41, 5.74) is 1.22. The number of ether oxygens (including phenoxy) is 2. The second-order valence-corrected chi connectivity index (χ2v) is 7.55. The number of carbonyl (C=O) groups is 1. The van der Waals surface area contributed by atoms with E-state index in [1.807, 2.05) is 36.0 Å². The monoisotopic (exact) mass is 447 g/mol. The number of para-hydroxylation sites is 1. The molecule has 0 fully saturated rings. The van der Waals surface area contributed by atoms with Crippen molar-refractivity contribution in [2.24, 2.45) is 7.05 Å². The van der Waals surface area contributed by atoms with E-state index in [1.54, 1.807) is 44.7 Å². The first kappa shape index (κ1) is 22.1. The van der Waals surface area contributed by atoms with E-state index in [0.717, 1.165) is 5.56 Å². The normalized spacial score (nSPS) is 11.8. The van der Waals surface area contributed by atoms with Crippen LogP contribution < -0.4 is 20.3 Å². The lowest BCUT2D eigenvalue weighted by Gasteiger charge is -2.20. The Bertz CT molecular complexity index is 1320. The molecule has 0 spiro atoms. The summed E-state index contributed by atoms with van der Waals surface area (Å²) in [6, 6.07) is 12.0. The van der Waals surface area contributed by atoms with Gasteiger partial charge >= 0.3 is 0 Å². The maximum atomic E-state index is 12.9. The van der Waals surface area contributed by atoms with E-state index in [1.165, 1.54) is 10.9 Å². The average molecular weight is 447 g/mol. The molecule has 0 saturated heterocycles. The zero-order valence-corrected chi connectivity index (χ0v) is 18.7. The van der Waals surface area contributed by atoms with Gasteiger partial charge in [-0.15, -0.1) is 0 Å². The molecule has 2 aromatic carbocycles. The van der Waals surface area contributed by atoms with Crippen molar-refractivity contribution in [3.05, 3.63) is 82.9 Å². The van der Waals surface area contributed by atoms with E-state index in [-0.39, 0.29) is 24.4 Å². The van der Waals surface area contributed by atoms with Gasteiger partial charge in [-0.3, -0.25) is 14.2 Å². The summed E-state index contributed by atoms with van der Waals surface area (Å²) in [4.78, 5) is 34.4. The molecular weight excluding hydrogens is 422 g/mol. The first-order valence-corrected chi connectivity index (χ1v) is 10.4. The summed E-state index contributed by atoms with van der Waals surface area (Å²) in [6.07, 6.45) is 5.06. The molecule has 4 rings (SSSR count). The van der Waals surface area contributed by atoms with E-state index in [4.69, 9.17) is 9.47 Å². The van der Waals surface area contributed by atoms with Crippen molar-refractivity contribution in [1.29, 1.82) is 0 Å². The average Bonchev–Trinajstić information content (AvgIpc) is 3.27. The number of nitrogens with one attached hydrogen (secondary N) is 1. The highest BCUT2D eigenvalue weighted by Crippen LogP contribution is 2.29. The summed E-state index contributed by atoms with van der Waals surface area (Å²) in [7, 11) is 5.00. The molecule has 1 unspecified atom stereocenters. The van der Waals surface area contributed by atoms with Crippen LogP contribution in [-0.2, 0) is 18.4 Å². The van der Waals surface area contributed by atoms with Crippen molar-refractivity contribution in [3.8, 4) is 11.5 Å². The second-order valence-electron chi connectivity index (χ2n) is 7.55. The molecule has 1 amide bonds. The third-order valence-corrected chi connectivity index (χ3v) is 5.44. The summed E-state index contributed by atoms with van der Waals surface area (Å²) in [5.74, 6) is 1.63. The molecule has 2 heterocycles. The molecular formula is C24H25N5O4. The maximum absolute atomic E-state index is 12.9. The van der Waals surface area contributed by atoms with Crippen molar-refractivity contribution in [2.45, 2.75) is 19.0 Å². The number of methoxy groups -OCH3 is 2. The molecule has 0 radical (unpaired) electrons. The molecule has 2 aromatic heterocycles. The van der Waals surface area contributed by atoms with Gasteiger partial charge in [0.05, 0.1) is 31.4 Å². The van der Waals surface area contributed by atoms with Crippen LogP contribution in [0.5, 0.6) is 11.5 Å². The van der Waals surface area contributed by atoms with Gasteiger partial charge in [0.1, 0.15) is 23.4 Å². The predicted octanol–water partition coefficient (Wildman–Crippen LogP) is 2.44. The number of hydrogen-bond donors (Lipinski definition) is 1. The molecule has 1 N–H and O–H groups in total. The Labute approximate surface area is 190 Å². The quantitative estimate of drug-likeness (QED) is 0.445. The van der Waals surface area contributed by atoms with Crippen LogP contribution in [0.25, 0.3) is 10.9 Å². The van der Waals surface area contributed by atoms with Crippen molar-refractivity contribution in [1.82, 2.24) is 24.4 Å². The number of hydrogen-bond acceptors (Lipinski definition) is 6. The van der Waals surface area contributed by atoms with Crippen LogP contribution in [0, 0.1) is 0 Å². The number of nitrogens with zero attached hydrogens (tertiary/aromatic N) is 4. The Kier molecular flexibility index (Phi) is 6.39. The topological polar surface area (TPSA) is 100 Å². The van der Waals surface area contributed by atoms with Gasteiger partial charge in [-0.1, -0.05) is 12.1 Å². The summed E-state index contributed by atoms with van der Waals surface area (Å²) in [5, 5.41) is 3.56. The van der Waals surface area contributed by atoms with Gasteiger partial charge in [0, 0.05) is 38.5 Å². The minimum absolute atomic E-state index is 0.0992. The van der Waals surface area contributed by atoms with Gasteiger partial charge in [-0.2, -0.15) is 0 Å². The van der Waals surface area contributed by atoms with Crippen molar-refractivity contribution < 1.29 is 14.3 Å². The molecule has 170 valence electrons. The first-order valence-electron chi connectivity index (χ1n) is 10.4. The lowest BCUT2D eigenvalue weighted by Crippen LogP contribution is -2.32. The standard InChI is InChI=1S/C24H25N5O4/c1-28-11-9-25-23(28)22(16-12-17(32-2)14-18(13-16)33-3)27-21(30)8-10-29-15-26-20-7-5-4-6-19(20)24(29)31/h4-7,9,11-15,22H,8,10H2,1-3H3,(H,27,30). The van der Waals surface area contributed by atoms with E-state index in [9.17, 15) is 9.59 Å². The highest BCUT2D eigenvalue weighted by molar-refractivity contribution is 5.78. The molecule has 0 aliphatic rings. The van der Waals surface area contributed by atoms with Gasteiger partial charge in [-0.25, -0.2) is 9.97 Å². The minimum atomic E-state index is -0.534. The Morgan fingerprint density at radius 3 is 2.48 bits per heavy atom. The van der Waals surface area contributed by atoms with Crippen LogP contribution in [0.1, 0.15) is 23.9 Å². The lowest BCUT2D eigenvalue weighted by molar-refractivity contribution is -0.121. The highest BCUT2D eigenvalue weighted by atomic mass is 16.5. The van der Waals surface area contributed by atoms with Gasteiger partial charge in [0.15, 0.2) is 0 Å². The van der Waals surface area contributed by atoms with E-state index < -0.39 is 6.04 Å². The van der Waals surface area contributed by atoms with E-state index in [2.05, 4.69) is 15.3 Å². The highest BCUT2D eigenvalue weighted by Gasteiger charge is 2.22. The molecule has 4 aromatic rings. The fraction of sp³-hybridized carbons (Fsp3) is 0.250. The Hall–Kier alpha value is -4.14. The molecule has 9 heteroatoms. The lowest BCUT2D eigenvalue weighted by atomic mass is 10.0. The number of rotatable bonds is 8. The fourth-order valence-corrected chi connectivity index (χ4v) is 3.67. The number of imidazole rings is 1. The van der Waals surface area contributed by atoms with Gasteiger partial charge in [0.2, 0.25) is 5.91 Å². The molecule has 33 heavy (non-hydrogen) atoms. The number of aryl methyl sites for hydroxylation is 2. The molecule has 1 atom stereocenters. The second kappa shape index (κ2) is 9.56. The minimum Gasteiger partial charge on any atom is -0.497 e. The number of amides is 1. The van der Waals surface area contributed by atoms with Crippen LogP contribution in [0.15, 0.2) is 66.0 Å².